The molecule has 0 atom stereocenters. The van der Waals surface area contributed by atoms with E-state index in [9.17, 15) is 18.0 Å². The molecule has 16 heavy (non-hydrogen) atoms. The predicted octanol–water partition coefficient (Wildman–Crippen LogP) is 3.68. The molecule has 0 bridgehead atoms. The maximum atomic E-state index is 12.4. The SMILES string of the molecule is CS/C(=C/C(=O)c1ccccc1)C(F)(F)F. The van der Waals surface area contributed by atoms with Gasteiger partial charge in [-0.3, -0.25) is 4.79 Å². The molecular formula is C11H9F3OS. The molecule has 5 heteroatoms. The van der Waals surface area contributed by atoms with E-state index in [0.29, 0.717) is 17.8 Å². The van der Waals surface area contributed by atoms with Crippen LogP contribution in [-0.2, 0) is 0 Å². The normalized spacial score (nSPS) is 12.6. The van der Waals surface area contributed by atoms with Crippen molar-refractivity contribution in [1.29, 1.82) is 0 Å². The number of ketones is 1. The number of allylic oxidation sites excluding steroid dienone is 2. The summed E-state index contributed by atoms with van der Waals surface area (Å²) >= 11 is 0.515. The molecule has 0 N–H and O–H groups in total. The summed E-state index contributed by atoms with van der Waals surface area (Å²) < 4.78 is 37.1. The van der Waals surface area contributed by atoms with Gasteiger partial charge in [0.25, 0.3) is 0 Å². The van der Waals surface area contributed by atoms with E-state index in [2.05, 4.69) is 0 Å². The van der Waals surface area contributed by atoms with E-state index in [1.165, 1.54) is 18.4 Å². The van der Waals surface area contributed by atoms with Crippen LogP contribution in [0.4, 0.5) is 13.2 Å². The van der Waals surface area contributed by atoms with Gasteiger partial charge in [-0.05, 0) is 6.26 Å². The van der Waals surface area contributed by atoms with Gasteiger partial charge in [0.1, 0.15) is 0 Å². The monoisotopic (exact) mass is 246 g/mol. The first-order valence-electron chi connectivity index (χ1n) is 4.37. The highest BCUT2D eigenvalue weighted by Gasteiger charge is 2.33. The van der Waals surface area contributed by atoms with Crippen molar-refractivity contribution in [3.05, 3.63) is 46.9 Å². The number of hydrogen-bond donors (Lipinski definition) is 0. The second kappa shape index (κ2) is 5.21. The van der Waals surface area contributed by atoms with Crippen molar-refractivity contribution >= 4 is 17.5 Å². The van der Waals surface area contributed by atoms with Crippen LogP contribution in [0.1, 0.15) is 10.4 Å². The number of hydrogen-bond acceptors (Lipinski definition) is 2. The first-order chi connectivity index (χ1) is 7.45. The summed E-state index contributed by atoms with van der Waals surface area (Å²) in [5.41, 5.74) is 0.248. The Kier molecular flexibility index (Phi) is 4.18. The Morgan fingerprint density at radius 2 is 1.81 bits per heavy atom. The van der Waals surface area contributed by atoms with Crippen molar-refractivity contribution in [2.24, 2.45) is 0 Å². The zero-order chi connectivity index (χ0) is 12.2. The van der Waals surface area contributed by atoms with Gasteiger partial charge < -0.3 is 0 Å². The number of benzene rings is 1. The molecule has 1 aromatic carbocycles. The molecule has 0 aliphatic rings. The van der Waals surface area contributed by atoms with E-state index in [4.69, 9.17) is 0 Å². The van der Waals surface area contributed by atoms with Gasteiger partial charge in [0, 0.05) is 11.6 Å². The molecule has 0 unspecified atom stereocenters. The minimum absolute atomic E-state index is 0.248. The molecule has 0 aliphatic carbocycles. The molecular weight excluding hydrogens is 237 g/mol. The van der Waals surface area contributed by atoms with Gasteiger partial charge in [0.05, 0.1) is 4.91 Å². The summed E-state index contributed by atoms with van der Waals surface area (Å²) in [5, 5.41) is 0. The summed E-state index contributed by atoms with van der Waals surface area (Å²) in [6.07, 6.45) is -2.55. The van der Waals surface area contributed by atoms with Crippen molar-refractivity contribution < 1.29 is 18.0 Å². The van der Waals surface area contributed by atoms with Crippen LogP contribution < -0.4 is 0 Å². The standard InChI is InChI=1S/C11H9F3OS/c1-16-10(11(12,13)14)7-9(15)8-5-3-2-4-6-8/h2-7H,1H3/b10-7+. The smallest absolute Gasteiger partial charge is 0.289 e. The van der Waals surface area contributed by atoms with Gasteiger partial charge in [0.15, 0.2) is 5.78 Å². The number of halogens is 3. The largest absolute Gasteiger partial charge is 0.422 e. The van der Waals surface area contributed by atoms with Gasteiger partial charge in [0.2, 0.25) is 0 Å². The van der Waals surface area contributed by atoms with Gasteiger partial charge >= 0.3 is 6.18 Å². The molecule has 0 fully saturated rings. The average molecular weight is 246 g/mol. The third-order valence-corrected chi connectivity index (χ3v) is 2.61. The number of thioether (sulfide) groups is 1. The number of carbonyl (C=O) groups is 1. The van der Waals surface area contributed by atoms with Gasteiger partial charge in [-0.1, -0.05) is 30.3 Å². The van der Waals surface area contributed by atoms with Gasteiger partial charge in [-0.25, -0.2) is 0 Å². The Morgan fingerprint density at radius 1 is 1.25 bits per heavy atom. The lowest BCUT2D eigenvalue weighted by atomic mass is 10.1. The Labute approximate surface area is 95.3 Å². The molecule has 0 spiro atoms. The summed E-state index contributed by atoms with van der Waals surface area (Å²) in [6, 6.07) is 7.86. The number of carbonyl (C=O) groups excluding carboxylic acids is 1. The van der Waals surface area contributed by atoms with Crippen molar-refractivity contribution in [3.63, 3.8) is 0 Å². The fourth-order valence-electron chi connectivity index (χ4n) is 1.06. The molecule has 0 radical (unpaired) electrons. The Bertz CT molecular complexity index is 395. The number of rotatable bonds is 3. The van der Waals surface area contributed by atoms with Crippen molar-refractivity contribution in [2.75, 3.05) is 6.26 Å². The maximum Gasteiger partial charge on any atom is 0.422 e. The molecule has 1 aromatic rings. The van der Waals surface area contributed by atoms with Crippen molar-refractivity contribution in [3.8, 4) is 0 Å². The molecule has 0 saturated carbocycles. The van der Waals surface area contributed by atoms with Crippen LogP contribution in [0.25, 0.3) is 0 Å². The lowest BCUT2D eigenvalue weighted by molar-refractivity contribution is -0.0836. The highest BCUT2D eigenvalue weighted by atomic mass is 32.2. The minimum Gasteiger partial charge on any atom is -0.289 e. The second-order valence-corrected chi connectivity index (χ2v) is 3.79. The van der Waals surface area contributed by atoms with Gasteiger partial charge in [-0.2, -0.15) is 13.2 Å². The Hall–Kier alpha value is -1.23. The topological polar surface area (TPSA) is 17.1 Å². The zero-order valence-electron chi connectivity index (χ0n) is 8.41. The van der Waals surface area contributed by atoms with E-state index in [1.807, 2.05) is 0 Å². The molecule has 0 aliphatic heterocycles. The number of alkyl halides is 3. The molecule has 0 aromatic heterocycles. The molecule has 86 valence electrons. The summed E-state index contributed by atoms with van der Waals surface area (Å²) in [7, 11) is 0. The van der Waals surface area contributed by atoms with E-state index in [-0.39, 0.29) is 5.56 Å². The second-order valence-electron chi connectivity index (χ2n) is 2.94. The zero-order valence-corrected chi connectivity index (χ0v) is 9.23. The molecule has 0 heterocycles. The van der Waals surface area contributed by atoms with E-state index < -0.39 is 16.9 Å². The minimum atomic E-state index is -4.47. The highest BCUT2D eigenvalue weighted by Crippen LogP contribution is 2.33. The first-order valence-corrected chi connectivity index (χ1v) is 5.60. The lowest BCUT2D eigenvalue weighted by Gasteiger charge is -2.07. The summed E-state index contributed by atoms with van der Waals surface area (Å²) in [5.74, 6) is -0.637. The van der Waals surface area contributed by atoms with E-state index >= 15 is 0 Å². The van der Waals surface area contributed by atoms with Crippen LogP contribution in [0.15, 0.2) is 41.3 Å². The van der Waals surface area contributed by atoms with E-state index in [0.717, 1.165) is 0 Å². The first kappa shape index (κ1) is 12.8. The Balaban J connectivity index is 2.96. The molecule has 0 saturated heterocycles. The van der Waals surface area contributed by atoms with Crippen molar-refractivity contribution in [2.45, 2.75) is 6.18 Å². The maximum absolute atomic E-state index is 12.4. The van der Waals surface area contributed by atoms with Gasteiger partial charge in [-0.15, -0.1) is 11.8 Å². The molecule has 1 nitrogen and oxygen atoms in total. The van der Waals surface area contributed by atoms with Crippen LogP contribution >= 0.6 is 11.8 Å². The quantitative estimate of drug-likeness (QED) is 0.597. The third kappa shape index (κ3) is 3.41. The van der Waals surface area contributed by atoms with Crippen LogP contribution in [0.3, 0.4) is 0 Å². The van der Waals surface area contributed by atoms with Crippen LogP contribution in [0.2, 0.25) is 0 Å². The van der Waals surface area contributed by atoms with E-state index in [1.54, 1.807) is 18.2 Å². The van der Waals surface area contributed by atoms with Crippen molar-refractivity contribution in [1.82, 2.24) is 0 Å². The Morgan fingerprint density at radius 3 is 2.25 bits per heavy atom. The van der Waals surface area contributed by atoms with Crippen LogP contribution in [0.5, 0.6) is 0 Å². The lowest BCUT2D eigenvalue weighted by Crippen LogP contribution is -2.11. The molecule has 0 amide bonds. The fourth-order valence-corrected chi connectivity index (χ4v) is 1.52. The van der Waals surface area contributed by atoms with Crippen LogP contribution in [-0.4, -0.2) is 18.2 Å². The molecule has 1 rings (SSSR count). The average Bonchev–Trinajstić information content (AvgIpc) is 2.25. The summed E-state index contributed by atoms with van der Waals surface area (Å²) in [6.45, 7) is 0. The van der Waals surface area contributed by atoms with Crippen LogP contribution in [0, 0.1) is 0 Å². The summed E-state index contributed by atoms with van der Waals surface area (Å²) in [4.78, 5) is 10.6. The fraction of sp³-hybridized carbons (Fsp3) is 0.182. The third-order valence-electron chi connectivity index (χ3n) is 1.82. The highest BCUT2D eigenvalue weighted by molar-refractivity contribution is 8.02. The predicted molar refractivity (Wildman–Crippen MR) is 58.4 cm³/mol.